The molecule has 0 spiro atoms. The molecule has 1 aliphatic heterocycles. The summed E-state index contributed by atoms with van der Waals surface area (Å²) in [6, 6.07) is 20.6. The zero-order valence-corrected chi connectivity index (χ0v) is 18.1. The number of nitrogens with one attached hydrogen (secondary N) is 2. The number of hydrogen-bond acceptors (Lipinski definition) is 4. The Kier molecular flexibility index (Phi) is 5.91. The number of fused-ring (bicyclic) bond motifs is 1. The molecule has 0 aliphatic carbocycles. The smallest absolute Gasteiger partial charge is 0.323 e. The van der Waals surface area contributed by atoms with E-state index >= 15 is 0 Å². The largest absolute Gasteiger partial charge is 0.366 e. The Labute approximate surface area is 187 Å². The van der Waals surface area contributed by atoms with E-state index in [1.807, 2.05) is 49.4 Å². The van der Waals surface area contributed by atoms with Crippen molar-refractivity contribution < 1.29 is 9.59 Å². The van der Waals surface area contributed by atoms with Crippen molar-refractivity contribution in [2.75, 3.05) is 22.1 Å². The Morgan fingerprint density at radius 3 is 2.53 bits per heavy atom. The number of carbonyl (C=O) groups excluding carboxylic acids is 2. The van der Waals surface area contributed by atoms with Gasteiger partial charge in [-0.3, -0.25) is 4.79 Å². The molecule has 4 rings (SSSR count). The Morgan fingerprint density at radius 2 is 1.81 bits per heavy atom. The van der Waals surface area contributed by atoms with E-state index in [-0.39, 0.29) is 11.8 Å². The Balaban J connectivity index is 1.53. The van der Waals surface area contributed by atoms with Crippen LogP contribution in [0.1, 0.15) is 39.5 Å². The van der Waals surface area contributed by atoms with Crippen LogP contribution in [0.3, 0.4) is 0 Å². The second-order valence-corrected chi connectivity index (χ2v) is 7.96. The van der Waals surface area contributed by atoms with Crippen molar-refractivity contribution in [3.05, 3.63) is 88.5 Å². The van der Waals surface area contributed by atoms with Crippen LogP contribution in [-0.4, -0.2) is 18.4 Å². The van der Waals surface area contributed by atoms with E-state index in [9.17, 15) is 14.9 Å². The quantitative estimate of drug-likeness (QED) is 0.558. The summed E-state index contributed by atoms with van der Waals surface area (Å²) in [5.41, 5.74) is 6.72. The van der Waals surface area contributed by atoms with Crippen molar-refractivity contribution in [1.82, 2.24) is 0 Å². The predicted octanol–water partition coefficient (Wildman–Crippen LogP) is 5.28. The van der Waals surface area contributed by atoms with Gasteiger partial charge in [0.2, 0.25) is 0 Å². The first-order chi connectivity index (χ1) is 15.4. The fourth-order valence-electron chi connectivity index (χ4n) is 3.96. The molecule has 6 heteroatoms. The van der Waals surface area contributed by atoms with E-state index < -0.39 is 0 Å². The van der Waals surface area contributed by atoms with Gasteiger partial charge < -0.3 is 15.5 Å². The molecule has 0 unspecified atom stereocenters. The summed E-state index contributed by atoms with van der Waals surface area (Å²) in [6.45, 7) is 4.80. The number of rotatable bonds is 4. The van der Waals surface area contributed by atoms with E-state index in [0.29, 0.717) is 30.6 Å². The van der Waals surface area contributed by atoms with Gasteiger partial charge in [0.15, 0.2) is 5.78 Å². The zero-order chi connectivity index (χ0) is 22.7. The molecule has 3 aromatic carbocycles. The molecule has 2 N–H and O–H groups in total. The highest BCUT2D eigenvalue weighted by molar-refractivity contribution is 6.00. The van der Waals surface area contributed by atoms with E-state index in [1.54, 1.807) is 18.2 Å². The first-order valence-electron chi connectivity index (χ1n) is 10.5. The Hall–Kier alpha value is -4.11. The maximum atomic E-state index is 12.5. The van der Waals surface area contributed by atoms with E-state index in [2.05, 4.69) is 21.6 Å². The lowest BCUT2D eigenvalue weighted by Crippen LogP contribution is -2.32. The highest BCUT2D eigenvalue weighted by Gasteiger charge is 2.22. The van der Waals surface area contributed by atoms with Gasteiger partial charge in [-0.15, -0.1) is 0 Å². The Bertz CT molecular complexity index is 1230. The lowest BCUT2D eigenvalue weighted by atomic mass is 9.96. The average molecular weight is 425 g/mol. The number of nitriles is 1. The second kappa shape index (κ2) is 8.94. The first kappa shape index (κ1) is 21.1. The van der Waals surface area contributed by atoms with E-state index in [0.717, 1.165) is 33.8 Å². The van der Waals surface area contributed by atoms with Gasteiger partial charge in [0.25, 0.3) is 0 Å². The van der Waals surface area contributed by atoms with Gasteiger partial charge in [0, 0.05) is 30.0 Å². The minimum absolute atomic E-state index is 0.0285. The van der Waals surface area contributed by atoms with Gasteiger partial charge in [0.1, 0.15) is 6.07 Å². The van der Waals surface area contributed by atoms with Crippen LogP contribution in [0, 0.1) is 18.3 Å². The molecule has 0 saturated heterocycles. The van der Waals surface area contributed by atoms with Crippen LogP contribution in [0.15, 0.2) is 60.7 Å². The number of carbonyl (C=O) groups is 2. The van der Waals surface area contributed by atoms with Crippen LogP contribution >= 0.6 is 0 Å². The van der Waals surface area contributed by atoms with Crippen LogP contribution in [0.2, 0.25) is 0 Å². The Morgan fingerprint density at radius 1 is 1.03 bits per heavy atom. The van der Waals surface area contributed by atoms with Crippen molar-refractivity contribution in [1.29, 1.82) is 5.26 Å². The SMILES string of the molecule is CC(=O)c1ccc(C#N)c(N2CCc3c(cccc3NC(=O)Nc3ccc(C)cc3)C2)c1. The number of amides is 2. The highest BCUT2D eigenvalue weighted by atomic mass is 16.2. The molecule has 32 heavy (non-hydrogen) atoms. The normalized spacial score (nSPS) is 12.5. The summed E-state index contributed by atoms with van der Waals surface area (Å²) in [5.74, 6) is -0.0285. The van der Waals surface area contributed by atoms with Crippen LogP contribution in [0.25, 0.3) is 0 Å². The highest BCUT2D eigenvalue weighted by Crippen LogP contribution is 2.31. The number of benzene rings is 3. The topological polar surface area (TPSA) is 85.2 Å². The van der Waals surface area contributed by atoms with Crippen molar-refractivity contribution in [3.63, 3.8) is 0 Å². The molecular formula is C26H24N4O2. The van der Waals surface area contributed by atoms with Crippen LogP contribution < -0.4 is 15.5 Å². The fraction of sp³-hybridized carbons (Fsp3) is 0.192. The third-order valence-electron chi connectivity index (χ3n) is 5.69. The van der Waals surface area contributed by atoms with E-state index in [1.165, 1.54) is 6.92 Å². The van der Waals surface area contributed by atoms with E-state index in [4.69, 9.17) is 0 Å². The fourth-order valence-corrected chi connectivity index (χ4v) is 3.96. The maximum Gasteiger partial charge on any atom is 0.323 e. The second-order valence-electron chi connectivity index (χ2n) is 7.96. The van der Waals surface area contributed by atoms with Crippen LogP contribution in [0.4, 0.5) is 21.9 Å². The van der Waals surface area contributed by atoms with Crippen molar-refractivity contribution in [2.24, 2.45) is 0 Å². The molecule has 0 bridgehead atoms. The molecule has 0 atom stereocenters. The molecule has 3 aromatic rings. The van der Waals surface area contributed by atoms with Crippen LogP contribution in [0.5, 0.6) is 0 Å². The van der Waals surface area contributed by atoms with Crippen molar-refractivity contribution in [3.8, 4) is 6.07 Å². The number of ketones is 1. The van der Waals surface area contributed by atoms with Gasteiger partial charge in [-0.1, -0.05) is 29.8 Å². The summed E-state index contributed by atoms with van der Waals surface area (Å²) in [7, 11) is 0. The molecule has 1 heterocycles. The summed E-state index contributed by atoms with van der Waals surface area (Å²) in [4.78, 5) is 26.5. The third-order valence-corrected chi connectivity index (χ3v) is 5.69. The van der Waals surface area contributed by atoms with Crippen molar-refractivity contribution in [2.45, 2.75) is 26.8 Å². The van der Waals surface area contributed by atoms with Gasteiger partial charge in [0.05, 0.1) is 11.3 Å². The molecular weight excluding hydrogens is 400 g/mol. The molecule has 0 aromatic heterocycles. The molecule has 2 amide bonds. The lowest BCUT2D eigenvalue weighted by molar-refractivity contribution is 0.101. The third kappa shape index (κ3) is 4.47. The lowest BCUT2D eigenvalue weighted by Gasteiger charge is -2.32. The number of aryl methyl sites for hydroxylation is 1. The zero-order valence-electron chi connectivity index (χ0n) is 18.1. The molecule has 160 valence electrons. The molecule has 0 fully saturated rings. The molecule has 6 nitrogen and oxygen atoms in total. The molecule has 0 radical (unpaired) electrons. The van der Waals surface area contributed by atoms with Gasteiger partial charge in [-0.2, -0.15) is 5.26 Å². The van der Waals surface area contributed by atoms with Gasteiger partial charge >= 0.3 is 6.03 Å². The molecule has 0 saturated carbocycles. The molecule has 1 aliphatic rings. The minimum atomic E-state index is -0.286. The standard InChI is InChI=1S/C26H24N4O2/c1-17-6-10-22(11-7-17)28-26(32)29-24-5-3-4-21-16-30(13-12-23(21)24)25-14-19(18(2)31)8-9-20(25)15-27/h3-11,14H,12-13,16H2,1-2H3,(H2,28,29,32). The minimum Gasteiger partial charge on any atom is -0.366 e. The number of Topliss-reactive ketones (excluding diaryl/α,β-unsaturated/α-hetero) is 1. The number of urea groups is 1. The average Bonchev–Trinajstić information content (AvgIpc) is 2.80. The number of nitrogens with zero attached hydrogens (tertiary/aromatic N) is 2. The predicted molar refractivity (Wildman–Crippen MR) is 126 cm³/mol. The summed E-state index contributed by atoms with van der Waals surface area (Å²) >= 11 is 0. The van der Waals surface area contributed by atoms with Crippen LogP contribution in [-0.2, 0) is 13.0 Å². The number of hydrogen-bond donors (Lipinski definition) is 2. The number of anilines is 3. The summed E-state index contributed by atoms with van der Waals surface area (Å²) in [6.07, 6.45) is 0.714. The summed E-state index contributed by atoms with van der Waals surface area (Å²) in [5, 5.41) is 15.4. The van der Waals surface area contributed by atoms with Gasteiger partial charge in [-0.25, -0.2) is 4.79 Å². The van der Waals surface area contributed by atoms with Gasteiger partial charge in [-0.05, 0) is 67.8 Å². The van der Waals surface area contributed by atoms with Crippen molar-refractivity contribution >= 4 is 28.9 Å². The first-order valence-corrected chi connectivity index (χ1v) is 10.5. The maximum absolute atomic E-state index is 12.5. The monoisotopic (exact) mass is 424 g/mol. The summed E-state index contributed by atoms with van der Waals surface area (Å²) < 4.78 is 0.